The van der Waals surface area contributed by atoms with Crippen molar-refractivity contribution in [3.63, 3.8) is 0 Å². The molecule has 0 bridgehead atoms. The van der Waals surface area contributed by atoms with Gasteiger partial charge in [-0.2, -0.15) is 5.26 Å². The lowest BCUT2D eigenvalue weighted by Crippen LogP contribution is -2.12. The highest BCUT2D eigenvalue weighted by molar-refractivity contribution is 5.96. The number of hydrogen-bond donors (Lipinski definition) is 0. The smallest absolute Gasteiger partial charge is 0.103 e. The van der Waals surface area contributed by atoms with Crippen molar-refractivity contribution in [1.29, 1.82) is 5.26 Å². The van der Waals surface area contributed by atoms with Gasteiger partial charge in [-0.1, -0.05) is 32.0 Å². The molecule has 92 valence electrons. The first-order valence-electron chi connectivity index (χ1n) is 6.05. The zero-order valence-electron chi connectivity index (χ0n) is 11.2. The third-order valence-electron chi connectivity index (χ3n) is 3.09. The van der Waals surface area contributed by atoms with Crippen LogP contribution in [-0.2, 0) is 0 Å². The minimum atomic E-state index is 0.421. The summed E-state index contributed by atoms with van der Waals surface area (Å²) in [5.41, 5.74) is 3.79. The zero-order valence-corrected chi connectivity index (χ0v) is 11.2. The van der Waals surface area contributed by atoms with Crippen LogP contribution < -0.4 is 4.90 Å². The van der Waals surface area contributed by atoms with Gasteiger partial charge < -0.3 is 4.90 Å². The highest BCUT2D eigenvalue weighted by Gasteiger charge is 2.13. The SMILES string of the molecule is CC(C)c1cccc2c(N(C)C)c(C#N)cnc12. The van der Waals surface area contributed by atoms with Crippen LogP contribution in [0.2, 0.25) is 0 Å². The van der Waals surface area contributed by atoms with Crippen molar-refractivity contribution < 1.29 is 0 Å². The van der Waals surface area contributed by atoms with Crippen LogP contribution in [0, 0.1) is 11.3 Å². The van der Waals surface area contributed by atoms with Crippen molar-refractivity contribution in [3.05, 3.63) is 35.5 Å². The predicted octanol–water partition coefficient (Wildman–Crippen LogP) is 3.30. The van der Waals surface area contributed by atoms with Gasteiger partial charge in [-0.05, 0) is 11.5 Å². The topological polar surface area (TPSA) is 39.9 Å². The molecule has 0 aliphatic rings. The molecule has 1 aromatic carbocycles. The van der Waals surface area contributed by atoms with Crippen molar-refractivity contribution in [2.45, 2.75) is 19.8 Å². The van der Waals surface area contributed by atoms with E-state index in [1.807, 2.05) is 31.1 Å². The monoisotopic (exact) mass is 239 g/mol. The van der Waals surface area contributed by atoms with E-state index in [1.165, 1.54) is 5.56 Å². The van der Waals surface area contributed by atoms with Gasteiger partial charge in [0.25, 0.3) is 0 Å². The summed E-state index contributed by atoms with van der Waals surface area (Å²) in [6.07, 6.45) is 1.67. The highest BCUT2D eigenvalue weighted by atomic mass is 15.1. The van der Waals surface area contributed by atoms with Gasteiger partial charge in [0.15, 0.2) is 0 Å². The Kier molecular flexibility index (Phi) is 3.20. The first kappa shape index (κ1) is 12.4. The molecule has 0 atom stereocenters. The Morgan fingerprint density at radius 3 is 2.56 bits per heavy atom. The number of anilines is 1. The second kappa shape index (κ2) is 4.66. The molecule has 18 heavy (non-hydrogen) atoms. The fourth-order valence-electron chi connectivity index (χ4n) is 2.26. The number of aromatic nitrogens is 1. The molecule has 0 saturated heterocycles. The molecular formula is C15H17N3. The summed E-state index contributed by atoms with van der Waals surface area (Å²) < 4.78 is 0. The number of rotatable bonds is 2. The van der Waals surface area contributed by atoms with E-state index in [1.54, 1.807) is 6.20 Å². The maximum Gasteiger partial charge on any atom is 0.103 e. The highest BCUT2D eigenvalue weighted by Crippen LogP contribution is 2.32. The molecule has 0 aliphatic heterocycles. The van der Waals surface area contributed by atoms with Crippen molar-refractivity contribution >= 4 is 16.6 Å². The molecule has 0 radical (unpaired) electrons. The van der Waals surface area contributed by atoms with E-state index in [-0.39, 0.29) is 0 Å². The Balaban J connectivity index is 2.87. The van der Waals surface area contributed by atoms with E-state index in [9.17, 15) is 5.26 Å². The average Bonchev–Trinajstić information content (AvgIpc) is 2.35. The second-order valence-electron chi connectivity index (χ2n) is 4.92. The van der Waals surface area contributed by atoms with Gasteiger partial charge in [-0.25, -0.2) is 0 Å². The van der Waals surface area contributed by atoms with Crippen molar-refractivity contribution in [3.8, 4) is 6.07 Å². The molecular weight excluding hydrogens is 222 g/mol. The molecule has 3 nitrogen and oxygen atoms in total. The van der Waals surface area contributed by atoms with Crippen molar-refractivity contribution in [2.24, 2.45) is 0 Å². The molecule has 0 spiro atoms. The summed E-state index contributed by atoms with van der Waals surface area (Å²) in [6.45, 7) is 4.31. The Labute approximate surface area is 108 Å². The minimum Gasteiger partial charge on any atom is -0.376 e. The first-order chi connectivity index (χ1) is 8.56. The number of nitriles is 1. The maximum absolute atomic E-state index is 9.19. The normalized spacial score (nSPS) is 10.7. The van der Waals surface area contributed by atoms with Crippen LogP contribution >= 0.6 is 0 Å². The lowest BCUT2D eigenvalue weighted by molar-refractivity contribution is 0.872. The van der Waals surface area contributed by atoms with Crippen LogP contribution in [-0.4, -0.2) is 19.1 Å². The van der Waals surface area contributed by atoms with Crippen LogP contribution in [0.4, 0.5) is 5.69 Å². The molecule has 2 aromatic rings. The summed E-state index contributed by atoms with van der Waals surface area (Å²) in [7, 11) is 3.91. The van der Waals surface area contributed by atoms with Gasteiger partial charge in [0, 0.05) is 25.7 Å². The molecule has 0 saturated carbocycles. The molecule has 0 fully saturated rings. The number of fused-ring (bicyclic) bond motifs is 1. The Hall–Kier alpha value is -2.08. The number of para-hydroxylation sites is 1. The predicted molar refractivity (Wildman–Crippen MR) is 74.9 cm³/mol. The molecule has 3 heteroatoms. The van der Waals surface area contributed by atoms with Gasteiger partial charge in [-0.15, -0.1) is 0 Å². The van der Waals surface area contributed by atoms with Crippen LogP contribution in [0.15, 0.2) is 24.4 Å². The van der Waals surface area contributed by atoms with Gasteiger partial charge in [-0.3, -0.25) is 4.98 Å². The number of pyridine rings is 1. The summed E-state index contributed by atoms with van der Waals surface area (Å²) in [6, 6.07) is 8.38. The van der Waals surface area contributed by atoms with Crippen molar-refractivity contribution in [1.82, 2.24) is 4.98 Å². The van der Waals surface area contributed by atoms with Crippen LogP contribution in [0.25, 0.3) is 10.9 Å². The summed E-state index contributed by atoms with van der Waals surface area (Å²) >= 11 is 0. The van der Waals surface area contributed by atoms with E-state index in [0.717, 1.165) is 16.6 Å². The summed E-state index contributed by atoms with van der Waals surface area (Å²) in [5.74, 6) is 0.421. The quantitative estimate of drug-likeness (QED) is 0.807. The fraction of sp³-hybridized carbons (Fsp3) is 0.333. The lowest BCUT2D eigenvalue weighted by atomic mass is 9.98. The molecule has 0 amide bonds. The van der Waals surface area contributed by atoms with Crippen LogP contribution in [0.1, 0.15) is 30.9 Å². The molecule has 0 aliphatic carbocycles. The Morgan fingerprint density at radius 1 is 1.28 bits per heavy atom. The molecule has 1 aromatic heterocycles. The lowest BCUT2D eigenvalue weighted by Gasteiger charge is -2.18. The first-order valence-corrected chi connectivity index (χ1v) is 6.05. The zero-order chi connectivity index (χ0) is 13.3. The fourth-order valence-corrected chi connectivity index (χ4v) is 2.26. The third kappa shape index (κ3) is 1.91. The number of hydrogen-bond acceptors (Lipinski definition) is 3. The Morgan fingerprint density at radius 2 is 2.00 bits per heavy atom. The minimum absolute atomic E-state index is 0.421. The summed E-state index contributed by atoms with van der Waals surface area (Å²) in [4.78, 5) is 6.45. The molecule has 2 rings (SSSR count). The van der Waals surface area contributed by atoms with Crippen LogP contribution in [0.3, 0.4) is 0 Å². The van der Waals surface area contributed by atoms with E-state index in [4.69, 9.17) is 0 Å². The standard InChI is InChI=1S/C15H17N3/c1-10(2)12-6-5-7-13-14(12)17-9-11(8-16)15(13)18(3)4/h5-7,9-10H,1-4H3. The summed E-state index contributed by atoms with van der Waals surface area (Å²) in [5, 5.41) is 10.2. The maximum atomic E-state index is 9.19. The molecule has 1 heterocycles. The van der Waals surface area contributed by atoms with Crippen LogP contribution in [0.5, 0.6) is 0 Å². The average molecular weight is 239 g/mol. The van der Waals surface area contributed by atoms with Crippen molar-refractivity contribution in [2.75, 3.05) is 19.0 Å². The largest absolute Gasteiger partial charge is 0.376 e. The molecule has 0 unspecified atom stereocenters. The van der Waals surface area contributed by atoms with Gasteiger partial charge in [0.2, 0.25) is 0 Å². The second-order valence-corrected chi connectivity index (χ2v) is 4.92. The third-order valence-corrected chi connectivity index (χ3v) is 3.09. The number of nitrogens with zero attached hydrogens (tertiary/aromatic N) is 3. The van der Waals surface area contributed by atoms with Gasteiger partial charge in [0.05, 0.1) is 16.8 Å². The van der Waals surface area contributed by atoms with Gasteiger partial charge >= 0.3 is 0 Å². The van der Waals surface area contributed by atoms with E-state index < -0.39 is 0 Å². The van der Waals surface area contributed by atoms with E-state index in [2.05, 4.69) is 31.0 Å². The van der Waals surface area contributed by atoms with E-state index in [0.29, 0.717) is 11.5 Å². The molecule has 0 N–H and O–H groups in total. The van der Waals surface area contributed by atoms with Gasteiger partial charge in [0.1, 0.15) is 6.07 Å². The Bertz CT molecular complexity index is 621. The number of benzene rings is 1. The van der Waals surface area contributed by atoms with E-state index >= 15 is 0 Å².